The van der Waals surface area contributed by atoms with Gasteiger partial charge < -0.3 is 20.7 Å². The summed E-state index contributed by atoms with van der Waals surface area (Å²) in [5.41, 5.74) is 0. The average molecular weight is 368 g/mol. The molecule has 1 aliphatic heterocycles. The first-order chi connectivity index (χ1) is 12.7. The fourth-order valence-corrected chi connectivity index (χ4v) is 3.53. The molecule has 1 aliphatic carbocycles. The fourth-order valence-electron chi connectivity index (χ4n) is 3.53. The molecule has 0 bridgehead atoms. The molecule has 150 valence electrons. The third-order valence-electron chi connectivity index (χ3n) is 5.25. The van der Waals surface area contributed by atoms with Crippen molar-refractivity contribution >= 4 is 11.9 Å². The zero-order valence-electron chi connectivity index (χ0n) is 16.7. The molecule has 7 heteroatoms. The Bertz CT molecular complexity index is 443. The summed E-state index contributed by atoms with van der Waals surface area (Å²) in [4.78, 5) is 18.9. The predicted octanol–water partition coefficient (Wildman–Crippen LogP) is 0.957. The lowest BCUT2D eigenvalue weighted by molar-refractivity contribution is -0.119. The second kappa shape index (κ2) is 11.4. The molecule has 0 aromatic heterocycles. The predicted molar refractivity (Wildman–Crippen MR) is 105 cm³/mol. The molecule has 1 saturated heterocycles. The highest BCUT2D eigenvalue weighted by atomic mass is 16.5. The van der Waals surface area contributed by atoms with Gasteiger partial charge in [0.05, 0.1) is 13.2 Å². The molecule has 1 heterocycles. The van der Waals surface area contributed by atoms with Crippen LogP contribution in [0.25, 0.3) is 0 Å². The minimum absolute atomic E-state index is 0.00873. The van der Waals surface area contributed by atoms with Crippen molar-refractivity contribution in [3.63, 3.8) is 0 Å². The van der Waals surface area contributed by atoms with E-state index in [1.54, 1.807) is 0 Å². The molecule has 7 nitrogen and oxygen atoms in total. The number of guanidine groups is 1. The van der Waals surface area contributed by atoms with Gasteiger partial charge in [0.1, 0.15) is 6.54 Å². The van der Waals surface area contributed by atoms with E-state index in [4.69, 9.17) is 4.74 Å². The first kappa shape index (κ1) is 21.0. The molecule has 3 N–H and O–H groups in total. The highest BCUT2D eigenvalue weighted by Crippen LogP contribution is 2.20. The highest BCUT2D eigenvalue weighted by molar-refractivity contribution is 5.85. The Balaban J connectivity index is 1.91. The van der Waals surface area contributed by atoms with Crippen molar-refractivity contribution in [1.82, 2.24) is 20.9 Å². The van der Waals surface area contributed by atoms with Crippen LogP contribution in [0.3, 0.4) is 0 Å². The first-order valence-electron chi connectivity index (χ1n) is 10.3. The summed E-state index contributed by atoms with van der Waals surface area (Å²) >= 11 is 0. The van der Waals surface area contributed by atoms with E-state index in [1.165, 1.54) is 0 Å². The second-order valence-electron chi connectivity index (χ2n) is 7.21. The molecule has 0 spiro atoms. The highest BCUT2D eigenvalue weighted by Gasteiger charge is 2.27. The zero-order chi connectivity index (χ0) is 18.8. The van der Waals surface area contributed by atoms with Crippen LogP contribution in [0.15, 0.2) is 4.99 Å². The number of morpholine rings is 1. The summed E-state index contributed by atoms with van der Waals surface area (Å²) in [6.45, 7) is 12.0. The van der Waals surface area contributed by atoms with Crippen LogP contribution in [0.5, 0.6) is 0 Å². The van der Waals surface area contributed by atoms with E-state index in [2.05, 4.69) is 39.7 Å². The number of rotatable bonds is 10. The van der Waals surface area contributed by atoms with Gasteiger partial charge in [-0.3, -0.25) is 9.69 Å². The van der Waals surface area contributed by atoms with Gasteiger partial charge in [0, 0.05) is 38.3 Å². The number of amides is 1. The van der Waals surface area contributed by atoms with E-state index in [0.717, 1.165) is 71.0 Å². The number of ether oxygens (including phenoxy) is 1. The molecule has 2 fully saturated rings. The van der Waals surface area contributed by atoms with Gasteiger partial charge in [-0.1, -0.05) is 26.7 Å². The summed E-state index contributed by atoms with van der Waals surface area (Å²) in [6.07, 6.45) is 4.53. The molecular weight excluding hydrogens is 330 g/mol. The van der Waals surface area contributed by atoms with Gasteiger partial charge in [0.2, 0.25) is 5.91 Å². The quantitative estimate of drug-likeness (QED) is 0.396. The SMILES string of the molecule is CCNC(=NCC(=O)NC1CC1)NCC(C(CC)CC)N1CCOCC1. The molecule has 0 aromatic rings. The monoisotopic (exact) mass is 367 g/mol. The molecule has 0 aromatic carbocycles. The van der Waals surface area contributed by atoms with Gasteiger partial charge in [0.15, 0.2) is 5.96 Å². The Hall–Kier alpha value is -1.34. The van der Waals surface area contributed by atoms with Crippen LogP contribution in [0.2, 0.25) is 0 Å². The van der Waals surface area contributed by atoms with Gasteiger partial charge in [-0.05, 0) is 25.7 Å². The Morgan fingerprint density at radius 2 is 1.85 bits per heavy atom. The first-order valence-corrected chi connectivity index (χ1v) is 10.3. The van der Waals surface area contributed by atoms with Gasteiger partial charge in [0.25, 0.3) is 0 Å². The number of hydrogen-bond acceptors (Lipinski definition) is 4. The Morgan fingerprint density at radius 1 is 1.15 bits per heavy atom. The Kier molecular flexibility index (Phi) is 9.18. The molecule has 1 unspecified atom stereocenters. The van der Waals surface area contributed by atoms with Gasteiger partial charge in [-0.25, -0.2) is 4.99 Å². The van der Waals surface area contributed by atoms with E-state index >= 15 is 0 Å². The molecule has 2 rings (SSSR count). The molecule has 1 saturated carbocycles. The van der Waals surface area contributed by atoms with Crippen LogP contribution < -0.4 is 16.0 Å². The number of hydrogen-bond donors (Lipinski definition) is 3. The van der Waals surface area contributed by atoms with Crippen LogP contribution in [0.4, 0.5) is 0 Å². The Morgan fingerprint density at radius 3 is 2.42 bits per heavy atom. The number of carbonyl (C=O) groups excluding carboxylic acids is 1. The zero-order valence-corrected chi connectivity index (χ0v) is 16.7. The number of nitrogens with one attached hydrogen (secondary N) is 3. The molecular formula is C19H37N5O2. The normalized spacial score (nSPS) is 20.1. The van der Waals surface area contributed by atoms with Gasteiger partial charge in [-0.2, -0.15) is 0 Å². The van der Waals surface area contributed by atoms with E-state index < -0.39 is 0 Å². The third-order valence-corrected chi connectivity index (χ3v) is 5.25. The molecule has 1 amide bonds. The van der Waals surface area contributed by atoms with Crippen molar-refractivity contribution in [3.8, 4) is 0 Å². The van der Waals surface area contributed by atoms with E-state index in [-0.39, 0.29) is 12.5 Å². The molecule has 2 aliphatic rings. The second-order valence-corrected chi connectivity index (χ2v) is 7.21. The minimum atomic E-state index is 0.00873. The molecule has 26 heavy (non-hydrogen) atoms. The van der Waals surface area contributed by atoms with Crippen LogP contribution in [0, 0.1) is 5.92 Å². The van der Waals surface area contributed by atoms with Crippen molar-refractivity contribution in [1.29, 1.82) is 0 Å². The van der Waals surface area contributed by atoms with Crippen molar-refractivity contribution < 1.29 is 9.53 Å². The summed E-state index contributed by atoms with van der Waals surface area (Å²) in [6, 6.07) is 0.840. The van der Waals surface area contributed by atoms with Crippen molar-refractivity contribution in [2.24, 2.45) is 10.9 Å². The number of aliphatic imine (C=N–C) groups is 1. The summed E-state index contributed by atoms with van der Waals surface area (Å²) in [5, 5.41) is 9.70. The largest absolute Gasteiger partial charge is 0.379 e. The van der Waals surface area contributed by atoms with Crippen LogP contribution in [0.1, 0.15) is 46.5 Å². The van der Waals surface area contributed by atoms with Gasteiger partial charge in [-0.15, -0.1) is 0 Å². The minimum Gasteiger partial charge on any atom is -0.379 e. The summed E-state index contributed by atoms with van der Waals surface area (Å²) < 4.78 is 5.52. The van der Waals surface area contributed by atoms with Crippen molar-refractivity contribution in [3.05, 3.63) is 0 Å². The summed E-state index contributed by atoms with van der Waals surface area (Å²) in [7, 11) is 0. The standard InChI is InChI=1S/C19H37N5O2/c1-4-15(5-2)17(24-9-11-26-12-10-24)13-21-19(20-6-3)22-14-18(25)23-16-7-8-16/h15-17H,4-14H2,1-3H3,(H,23,25)(H2,20,21,22). The van der Waals surface area contributed by atoms with Crippen molar-refractivity contribution in [2.75, 3.05) is 45.9 Å². The maximum Gasteiger partial charge on any atom is 0.242 e. The fraction of sp³-hybridized carbons (Fsp3) is 0.895. The van der Waals surface area contributed by atoms with Crippen LogP contribution in [-0.2, 0) is 9.53 Å². The third kappa shape index (κ3) is 7.11. The maximum absolute atomic E-state index is 11.9. The van der Waals surface area contributed by atoms with Crippen molar-refractivity contribution in [2.45, 2.75) is 58.5 Å². The van der Waals surface area contributed by atoms with E-state index in [0.29, 0.717) is 18.0 Å². The van der Waals surface area contributed by atoms with Gasteiger partial charge >= 0.3 is 0 Å². The average Bonchev–Trinajstić information content (AvgIpc) is 3.47. The lowest BCUT2D eigenvalue weighted by Crippen LogP contribution is -2.53. The molecule has 1 atom stereocenters. The van der Waals surface area contributed by atoms with E-state index in [9.17, 15) is 4.79 Å². The summed E-state index contributed by atoms with van der Waals surface area (Å²) in [5.74, 6) is 1.37. The lowest BCUT2D eigenvalue weighted by atomic mass is 9.92. The maximum atomic E-state index is 11.9. The smallest absolute Gasteiger partial charge is 0.242 e. The lowest BCUT2D eigenvalue weighted by Gasteiger charge is -2.39. The molecule has 0 radical (unpaired) electrons. The number of nitrogens with zero attached hydrogens (tertiary/aromatic N) is 2. The van der Waals surface area contributed by atoms with E-state index in [1.807, 2.05) is 6.92 Å². The Labute approximate surface area is 158 Å². The topological polar surface area (TPSA) is 78.0 Å². The number of carbonyl (C=O) groups is 1. The van der Waals surface area contributed by atoms with Crippen LogP contribution in [-0.4, -0.2) is 74.8 Å². The van der Waals surface area contributed by atoms with Crippen LogP contribution >= 0.6 is 0 Å².